The molecule has 0 bridgehead atoms. The van der Waals surface area contributed by atoms with Crippen LogP contribution in [0, 0.1) is 12.7 Å². The number of likely N-dealkylation sites (tertiary alicyclic amines) is 2. The molecule has 1 spiro atoms. The monoisotopic (exact) mass is 433 g/mol. The highest BCUT2D eigenvalue weighted by atomic mass is 19.1. The number of carbonyl (C=O) groups is 2. The number of aromatic nitrogens is 1. The topological polar surface area (TPSA) is 56.4 Å². The number of amides is 2. The van der Waals surface area contributed by atoms with E-state index in [9.17, 15) is 14.0 Å². The van der Waals surface area contributed by atoms with E-state index in [4.69, 9.17) is 0 Å². The molecule has 0 aliphatic carbocycles. The van der Waals surface area contributed by atoms with E-state index in [1.165, 1.54) is 11.6 Å². The van der Waals surface area contributed by atoms with Gasteiger partial charge in [0.05, 0.1) is 5.52 Å². The van der Waals surface area contributed by atoms with Gasteiger partial charge in [0.2, 0.25) is 5.91 Å². The molecular weight excluding hydrogens is 405 g/mol. The van der Waals surface area contributed by atoms with Crippen LogP contribution in [0.4, 0.5) is 4.39 Å². The summed E-state index contributed by atoms with van der Waals surface area (Å²) in [6.45, 7) is 3.77. The number of piperidine rings is 1. The molecule has 2 amide bonds. The third kappa shape index (κ3) is 3.29. The van der Waals surface area contributed by atoms with E-state index in [0.717, 1.165) is 31.4 Å². The van der Waals surface area contributed by atoms with Crippen molar-refractivity contribution in [1.29, 1.82) is 0 Å². The van der Waals surface area contributed by atoms with Gasteiger partial charge in [0.15, 0.2) is 0 Å². The highest BCUT2D eigenvalue weighted by molar-refractivity contribution is 6.04. The number of hydrogen-bond acceptors (Lipinski definition) is 2. The van der Waals surface area contributed by atoms with Gasteiger partial charge in [0.1, 0.15) is 17.1 Å². The second-order valence-corrected chi connectivity index (χ2v) is 9.01. The average Bonchev–Trinajstić information content (AvgIpc) is 3.38. The number of nitrogens with one attached hydrogen (secondary N) is 1. The Morgan fingerprint density at radius 2 is 1.81 bits per heavy atom. The van der Waals surface area contributed by atoms with Crippen LogP contribution in [0.3, 0.4) is 0 Å². The molecule has 2 aliphatic rings. The zero-order chi connectivity index (χ0) is 22.3. The number of halogens is 1. The predicted molar refractivity (Wildman–Crippen MR) is 122 cm³/mol. The standard InChI is InChI=1S/C26H28FN3O2/c1-18-20-10-5-11-21(27)23(20)28-22(18)24(31)30-16-7-14-26(30)13-6-15-29(25(26)32)17-12-19-8-3-2-4-9-19/h2-5,8-11,28H,6-7,12-17H2,1H3. The van der Waals surface area contributed by atoms with Gasteiger partial charge in [-0.25, -0.2) is 4.39 Å². The molecule has 2 aromatic carbocycles. The Kier molecular flexibility index (Phi) is 5.24. The Bertz CT molecular complexity index is 1170. The minimum atomic E-state index is -0.783. The number of aryl methyl sites for hydroxylation is 1. The number of aromatic amines is 1. The number of fused-ring (bicyclic) bond motifs is 1. The van der Waals surface area contributed by atoms with E-state index in [-0.39, 0.29) is 17.6 Å². The molecular formula is C26H28FN3O2. The van der Waals surface area contributed by atoms with Crippen molar-refractivity contribution in [2.75, 3.05) is 19.6 Å². The van der Waals surface area contributed by atoms with Crippen LogP contribution < -0.4 is 0 Å². The van der Waals surface area contributed by atoms with Gasteiger partial charge in [-0.1, -0.05) is 42.5 Å². The summed E-state index contributed by atoms with van der Waals surface area (Å²) in [5.74, 6) is -0.513. The number of carbonyl (C=O) groups excluding carboxylic acids is 2. The van der Waals surface area contributed by atoms with E-state index in [1.54, 1.807) is 11.0 Å². The summed E-state index contributed by atoms with van der Waals surface area (Å²) in [6, 6.07) is 15.0. The first-order valence-electron chi connectivity index (χ1n) is 11.4. The fourth-order valence-electron chi connectivity index (χ4n) is 5.51. The van der Waals surface area contributed by atoms with Crippen molar-refractivity contribution in [1.82, 2.24) is 14.8 Å². The van der Waals surface area contributed by atoms with Gasteiger partial charge >= 0.3 is 0 Å². The van der Waals surface area contributed by atoms with Crippen LogP contribution in [0.5, 0.6) is 0 Å². The average molecular weight is 434 g/mol. The highest BCUT2D eigenvalue weighted by Gasteiger charge is 2.53. The van der Waals surface area contributed by atoms with Crippen LogP contribution in [-0.4, -0.2) is 51.8 Å². The molecule has 5 nitrogen and oxygen atoms in total. The molecule has 2 saturated heterocycles. The van der Waals surface area contributed by atoms with Crippen LogP contribution in [0.25, 0.3) is 10.9 Å². The molecule has 1 unspecified atom stereocenters. The van der Waals surface area contributed by atoms with E-state index in [1.807, 2.05) is 36.1 Å². The zero-order valence-corrected chi connectivity index (χ0v) is 18.4. The Morgan fingerprint density at radius 3 is 2.56 bits per heavy atom. The Balaban J connectivity index is 1.41. The maximum absolute atomic E-state index is 14.3. The van der Waals surface area contributed by atoms with Gasteiger partial charge in [-0.05, 0) is 56.2 Å². The van der Waals surface area contributed by atoms with E-state index in [0.29, 0.717) is 42.5 Å². The van der Waals surface area contributed by atoms with Gasteiger partial charge in [-0.3, -0.25) is 9.59 Å². The SMILES string of the molecule is Cc1c(C(=O)N2CCCC23CCCN(CCc2ccccc2)C3=O)[nH]c2c(F)cccc12. The lowest BCUT2D eigenvalue weighted by atomic mass is 9.85. The number of para-hydroxylation sites is 1. The van der Waals surface area contributed by atoms with E-state index < -0.39 is 5.54 Å². The van der Waals surface area contributed by atoms with Crippen LogP contribution in [0.1, 0.15) is 47.3 Å². The third-order valence-corrected chi connectivity index (χ3v) is 7.21. The summed E-state index contributed by atoms with van der Waals surface area (Å²) >= 11 is 0. The first kappa shape index (κ1) is 20.7. The summed E-state index contributed by atoms with van der Waals surface area (Å²) < 4.78 is 14.3. The lowest BCUT2D eigenvalue weighted by Gasteiger charge is -2.44. The molecule has 0 saturated carbocycles. The second-order valence-electron chi connectivity index (χ2n) is 9.01. The molecule has 2 fully saturated rings. The van der Waals surface area contributed by atoms with Crippen molar-refractivity contribution in [3.8, 4) is 0 Å². The maximum Gasteiger partial charge on any atom is 0.271 e. The van der Waals surface area contributed by atoms with Crippen molar-refractivity contribution in [3.63, 3.8) is 0 Å². The van der Waals surface area contributed by atoms with E-state index in [2.05, 4.69) is 17.1 Å². The van der Waals surface area contributed by atoms with Crippen molar-refractivity contribution in [2.45, 2.75) is 44.6 Å². The Labute approximate surface area is 187 Å². The van der Waals surface area contributed by atoms with Crippen LogP contribution in [0.2, 0.25) is 0 Å². The van der Waals surface area contributed by atoms with Gasteiger partial charge in [-0.2, -0.15) is 0 Å². The Morgan fingerprint density at radius 1 is 1.06 bits per heavy atom. The molecule has 1 atom stereocenters. The maximum atomic E-state index is 14.3. The lowest BCUT2D eigenvalue weighted by Crippen LogP contribution is -2.61. The first-order valence-corrected chi connectivity index (χ1v) is 11.4. The smallest absolute Gasteiger partial charge is 0.271 e. The largest absolute Gasteiger partial charge is 0.348 e. The van der Waals surface area contributed by atoms with Gasteiger partial charge in [0.25, 0.3) is 5.91 Å². The fourth-order valence-corrected chi connectivity index (χ4v) is 5.51. The second kappa shape index (κ2) is 8.08. The highest BCUT2D eigenvalue weighted by Crippen LogP contribution is 2.40. The molecule has 3 aromatic rings. The van der Waals surface area contributed by atoms with Crippen molar-refractivity contribution in [2.24, 2.45) is 0 Å². The molecule has 1 aromatic heterocycles. The quantitative estimate of drug-likeness (QED) is 0.661. The van der Waals surface area contributed by atoms with Crippen molar-refractivity contribution in [3.05, 3.63) is 71.2 Å². The summed E-state index contributed by atoms with van der Waals surface area (Å²) in [6.07, 6.45) is 3.86. The predicted octanol–water partition coefficient (Wildman–Crippen LogP) is 4.46. The van der Waals surface area contributed by atoms with Gasteiger partial charge in [0, 0.05) is 25.0 Å². The molecule has 166 valence electrons. The van der Waals surface area contributed by atoms with Crippen LogP contribution in [0.15, 0.2) is 48.5 Å². The molecule has 1 N–H and O–H groups in total. The Hall–Kier alpha value is -3.15. The number of nitrogens with zero attached hydrogens (tertiary/aromatic N) is 2. The van der Waals surface area contributed by atoms with Gasteiger partial charge < -0.3 is 14.8 Å². The normalized spacial score (nSPS) is 21.1. The molecule has 5 rings (SSSR count). The van der Waals surface area contributed by atoms with Crippen molar-refractivity contribution < 1.29 is 14.0 Å². The zero-order valence-electron chi connectivity index (χ0n) is 18.4. The molecule has 0 radical (unpaired) electrons. The van der Waals surface area contributed by atoms with Crippen LogP contribution in [-0.2, 0) is 11.2 Å². The van der Waals surface area contributed by atoms with Gasteiger partial charge in [-0.15, -0.1) is 0 Å². The number of benzene rings is 2. The van der Waals surface area contributed by atoms with Crippen molar-refractivity contribution >= 4 is 22.7 Å². The van der Waals surface area contributed by atoms with Crippen LogP contribution >= 0.6 is 0 Å². The lowest BCUT2D eigenvalue weighted by molar-refractivity contribution is -0.145. The fraction of sp³-hybridized carbons (Fsp3) is 0.385. The molecule has 2 aliphatic heterocycles. The summed E-state index contributed by atoms with van der Waals surface area (Å²) in [5.41, 5.74) is 1.89. The first-order chi connectivity index (χ1) is 15.5. The minimum Gasteiger partial charge on any atom is -0.348 e. The van der Waals surface area contributed by atoms with E-state index >= 15 is 0 Å². The number of hydrogen-bond donors (Lipinski definition) is 1. The summed E-state index contributed by atoms with van der Waals surface area (Å²) in [4.78, 5) is 34.1. The molecule has 3 heterocycles. The summed E-state index contributed by atoms with van der Waals surface area (Å²) in [7, 11) is 0. The number of H-pyrrole nitrogens is 1. The molecule has 6 heteroatoms. The molecule has 32 heavy (non-hydrogen) atoms. The number of rotatable bonds is 4. The third-order valence-electron chi connectivity index (χ3n) is 7.21. The summed E-state index contributed by atoms with van der Waals surface area (Å²) in [5, 5.41) is 0.709. The minimum absolute atomic E-state index is 0.0606.